The van der Waals surface area contributed by atoms with Crippen molar-refractivity contribution in [3.63, 3.8) is 0 Å². The van der Waals surface area contributed by atoms with Crippen molar-refractivity contribution in [1.29, 1.82) is 5.26 Å². The van der Waals surface area contributed by atoms with Crippen molar-refractivity contribution in [3.05, 3.63) is 40.7 Å². The summed E-state index contributed by atoms with van der Waals surface area (Å²) in [5, 5.41) is 12.3. The first-order valence-electron chi connectivity index (χ1n) is 4.90. The maximum Gasteiger partial charge on any atom is 0.442 e. The summed E-state index contributed by atoms with van der Waals surface area (Å²) in [6, 6.07) is 8.85. The number of rotatable bonds is 2. The van der Waals surface area contributed by atoms with Gasteiger partial charge in [-0.1, -0.05) is 0 Å². The molecule has 0 fully saturated rings. The third-order valence-electron chi connectivity index (χ3n) is 2.25. The van der Waals surface area contributed by atoms with Gasteiger partial charge in [-0.15, -0.1) is 5.10 Å². The quantitative estimate of drug-likeness (QED) is 0.761. The van der Waals surface area contributed by atoms with E-state index in [0.717, 1.165) is 10.4 Å². The summed E-state index contributed by atoms with van der Waals surface area (Å²) in [7, 11) is 3.84. The average molecular weight is 230 g/mol. The molecule has 0 spiro atoms. The molecule has 1 aromatic heterocycles. The number of aromatic nitrogens is 2. The lowest BCUT2D eigenvalue weighted by Gasteiger charge is -2.12. The van der Waals surface area contributed by atoms with Crippen LogP contribution in [0.3, 0.4) is 0 Å². The van der Waals surface area contributed by atoms with Gasteiger partial charge in [0.05, 0.1) is 5.69 Å². The number of hydrogen-bond acceptors (Lipinski definition) is 5. The Hall–Kier alpha value is -2.55. The fraction of sp³-hybridized carbons (Fsp3) is 0.182. The highest BCUT2D eigenvalue weighted by Crippen LogP contribution is 2.13. The zero-order chi connectivity index (χ0) is 12.4. The van der Waals surface area contributed by atoms with Crippen LogP contribution in [0.15, 0.2) is 33.5 Å². The Bertz CT molecular complexity index is 616. The molecule has 0 atom stereocenters. The van der Waals surface area contributed by atoms with Crippen molar-refractivity contribution in [3.8, 4) is 11.8 Å². The lowest BCUT2D eigenvalue weighted by atomic mass is 10.3. The van der Waals surface area contributed by atoms with Crippen LogP contribution in [0, 0.1) is 11.3 Å². The molecule has 0 saturated carbocycles. The zero-order valence-electron chi connectivity index (χ0n) is 9.41. The van der Waals surface area contributed by atoms with E-state index in [0.29, 0.717) is 5.69 Å². The molecule has 0 saturated heterocycles. The van der Waals surface area contributed by atoms with Crippen LogP contribution in [0.5, 0.6) is 0 Å². The van der Waals surface area contributed by atoms with Crippen molar-refractivity contribution < 1.29 is 4.42 Å². The second-order valence-electron chi connectivity index (χ2n) is 3.61. The minimum absolute atomic E-state index is 0.244. The molecule has 2 rings (SSSR count). The van der Waals surface area contributed by atoms with Crippen molar-refractivity contribution >= 4 is 5.69 Å². The van der Waals surface area contributed by atoms with Crippen molar-refractivity contribution in [2.75, 3.05) is 19.0 Å². The summed E-state index contributed by atoms with van der Waals surface area (Å²) in [5.41, 5.74) is 1.57. The Kier molecular flexibility index (Phi) is 2.66. The molecule has 0 aliphatic heterocycles. The second-order valence-corrected chi connectivity index (χ2v) is 3.61. The molecule has 17 heavy (non-hydrogen) atoms. The molecule has 0 unspecified atom stereocenters. The van der Waals surface area contributed by atoms with Crippen LogP contribution >= 0.6 is 0 Å². The first-order valence-corrected chi connectivity index (χ1v) is 4.90. The summed E-state index contributed by atoms with van der Waals surface area (Å²) in [6.07, 6.45) is 0. The van der Waals surface area contributed by atoms with Gasteiger partial charge in [0.1, 0.15) is 0 Å². The Morgan fingerprint density at radius 1 is 1.35 bits per heavy atom. The number of nitriles is 1. The number of nitrogens with zero attached hydrogens (tertiary/aromatic N) is 4. The largest absolute Gasteiger partial charge is 0.442 e. The predicted octanol–water partition coefficient (Wildman–Crippen LogP) is 0.763. The van der Waals surface area contributed by atoms with Gasteiger partial charge in [0.15, 0.2) is 6.07 Å². The monoisotopic (exact) mass is 230 g/mol. The van der Waals surface area contributed by atoms with Crippen molar-refractivity contribution in [1.82, 2.24) is 9.78 Å². The van der Waals surface area contributed by atoms with Gasteiger partial charge in [0, 0.05) is 19.8 Å². The first kappa shape index (κ1) is 11.0. The van der Waals surface area contributed by atoms with Gasteiger partial charge in [0.2, 0.25) is 0 Å². The minimum Gasteiger partial charge on any atom is -0.378 e. The highest BCUT2D eigenvalue weighted by molar-refractivity contribution is 5.49. The van der Waals surface area contributed by atoms with E-state index in [2.05, 4.69) is 9.52 Å². The van der Waals surface area contributed by atoms with Crippen molar-refractivity contribution in [2.45, 2.75) is 0 Å². The fourth-order valence-electron chi connectivity index (χ4n) is 1.38. The van der Waals surface area contributed by atoms with Crippen LogP contribution in [-0.2, 0) is 0 Å². The van der Waals surface area contributed by atoms with Gasteiger partial charge in [-0.25, -0.2) is 4.79 Å². The molecule has 0 N–H and O–H groups in total. The molecule has 0 aliphatic rings. The summed E-state index contributed by atoms with van der Waals surface area (Å²) in [5.74, 6) is -0.911. The van der Waals surface area contributed by atoms with E-state index in [1.165, 1.54) is 0 Å². The molecule has 0 bridgehead atoms. The third kappa shape index (κ3) is 2.03. The van der Waals surface area contributed by atoms with Crippen LogP contribution in [0.25, 0.3) is 5.69 Å². The van der Waals surface area contributed by atoms with E-state index in [1.54, 1.807) is 18.2 Å². The van der Waals surface area contributed by atoms with Gasteiger partial charge >= 0.3 is 11.6 Å². The average Bonchev–Trinajstić information content (AvgIpc) is 2.71. The highest BCUT2D eigenvalue weighted by atomic mass is 16.4. The van der Waals surface area contributed by atoms with Crippen LogP contribution in [-0.4, -0.2) is 23.9 Å². The van der Waals surface area contributed by atoms with Crippen LogP contribution in [0.4, 0.5) is 5.69 Å². The molecule has 1 aromatic carbocycles. The Morgan fingerprint density at radius 3 is 2.47 bits per heavy atom. The van der Waals surface area contributed by atoms with E-state index < -0.39 is 5.76 Å². The molecule has 0 aliphatic carbocycles. The van der Waals surface area contributed by atoms with Crippen molar-refractivity contribution in [2.24, 2.45) is 0 Å². The third-order valence-corrected chi connectivity index (χ3v) is 2.25. The fourth-order valence-corrected chi connectivity index (χ4v) is 1.38. The molecule has 0 radical (unpaired) electrons. The maximum absolute atomic E-state index is 11.4. The summed E-state index contributed by atoms with van der Waals surface area (Å²) < 4.78 is 5.67. The molecule has 6 heteroatoms. The summed E-state index contributed by atoms with van der Waals surface area (Å²) in [4.78, 5) is 13.3. The molecular weight excluding hydrogens is 220 g/mol. The van der Waals surface area contributed by atoms with Gasteiger partial charge in [0.25, 0.3) is 0 Å². The maximum atomic E-state index is 11.4. The molecule has 1 heterocycles. The van der Waals surface area contributed by atoms with Crippen LogP contribution in [0.1, 0.15) is 5.89 Å². The first-order chi connectivity index (χ1) is 8.11. The van der Waals surface area contributed by atoms with E-state index in [4.69, 9.17) is 5.26 Å². The SMILES string of the molecule is CN(C)c1ccc(-n2nc(C#N)oc2=O)cc1. The smallest absolute Gasteiger partial charge is 0.378 e. The standard InChI is InChI=1S/C11H10N4O2/c1-14(2)8-3-5-9(6-4-8)15-11(16)17-10(7-12)13-15/h3-6H,1-2H3. The van der Waals surface area contributed by atoms with E-state index >= 15 is 0 Å². The number of hydrogen-bond donors (Lipinski definition) is 0. The van der Waals surface area contributed by atoms with Gasteiger partial charge in [-0.05, 0) is 24.3 Å². The lowest BCUT2D eigenvalue weighted by Crippen LogP contribution is -2.14. The Labute approximate surface area is 97.3 Å². The molecule has 86 valence electrons. The molecular formula is C11H10N4O2. The molecule has 0 amide bonds. The van der Waals surface area contributed by atoms with E-state index in [1.807, 2.05) is 31.1 Å². The molecule has 6 nitrogen and oxygen atoms in total. The normalized spacial score (nSPS) is 9.94. The predicted molar refractivity (Wildman–Crippen MR) is 61.1 cm³/mol. The Morgan fingerprint density at radius 2 is 2.00 bits per heavy atom. The van der Waals surface area contributed by atoms with E-state index in [-0.39, 0.29) is 5.89 Å². The number of anilines is 1. The lowest BCUT2D eigenvalue weighted by molar-refractivity contribution is 0.492. The van der Waals surface area contributed by atoms with Gasteiger partial charge in [-0.2, -0.15) is 9.94 Å². The highest BCUT2D eigenvalue weighted by Gasteiger charge is 2.08. The second kappa shape index (κ2) is 4.14. The van der Waals surface area contributed by atoms with Gasteiger partial charge < -0.3 is 9.32 Å². The Balaban J connectivity index is 2.44. The summed E-state index contributed by atoms with van der Waals surface area (Å²) >= 11 is 0. The van der Waals surface area contributed by atoms with Crippen LogP contribution < -0.4 is 10.7 Å². The topological polar surface area (TPSA) is 75.1 Å². The van der Waals surface area contributed by atoms with Crippen LogP contribution in [0.2, 0.25) is 0 Å². The number of benzene rings is 1. The minimum atomic E-state index is -0.667. The van der Waals surface area contributed by atoms with Gasteiger partial charge in [-0.3, -0.25) is 0 Å². The summed E-state index contributed by atoms with van der Waals surface area (Å²) in [6.45, 7) is 0. The van der Waals surface area contributed by atoms with E-state index in [9.17, 15) is 4.79 Å². The zero-order valence-corrected chi connectivity index (χ0v) is 9.41. The molecule has 2 aromatic rings.